The van der Waals surface area contributed by atoms with E-state index in [0.29, 0.717) is 0 Å². The highest BCUT2D eigenvalue weighted by molar-refractivity contribution is 5.28. The van der Waals surface area contributed by atoms with E-state index >= 15 is 0 Å². The van der Waals surface area contributed by atoms with Crippen LogP contribution in [0.2, 0.25) is 0 Å². The van der Waals surface area contributed by atoms with E-state index < -0.39 is 0 Å². The molecule has 0 aromatic carbocycles. The SMILES string of the molecule is C=C/C=C(NC)\C(N)=C/CC. The molecule has 0 radical (unpaired) electrons. The maximum Gasteiger partial charge on any atom is 0.0567 e. The zero-order valence-corrected chi connectivity index (χ0v) is 7.22. The Labute approximate surface area is 68.5 Å². The summed E-state index contributed by atoms with van der Waals surface area (Å²) in [6.07, 6.45) is 6.47. The second kappa shape index (κ2) is 5.59. The molecule has 11 heavy (non-hydrogen) atoms. The van der Waals surface area contributed by atoms with Crippen molar-refractivity contribution in [1.82, 2.24) is 5.32 Å². The Balaban J connectivity index is 4.37. The van der Waals surface area contributed by atoms with Gasteiger partial charge in [0.1, 0.15) is 0 Å². The van der Waals surface area contributed by atoms with Crippen LogP contribution in [0, 0.1) is 0 Å². The minimum atomic E-state index is 0.773. The lowest BCUT2D eigenvalue weighted by Crippen LogP contribution is -2.13. The first-order valence-corrected chi connectivity index (χ1v) is 3.72. The van der Waals surface area contributed by atoms with Crippen molar-refractivity contribution in [1.29, 1.82) is 0 Å². The molecule has 0 aromatic rings. The molecular formula is C9H16N2. The standard InChI is InChI=1S/C9H16N2/c1-4-6-8(10)9(11-3)7-5-2/h5-7,11H,2,4,10H2,1,3H3/b8-6+,9-7+. The molecule has 3 N–H and O–H groups in total. The fraction of sp³-hybridized carbons (Fsp3) is 0.333. The van der Waals surface area contributed by atoms with Gasteiger partial charge in [-0.25, -0.2) is 0 Å². The molecule has 0 amide bonds. The van der Waals surface area contributed by atoms with Crippen LogP contribution in [0.4, 0.5) is 0 Å². The highest BCUT2D eigenvalue weighted by atomic mass is 14.9. The maximum atomic E-state index is 5.71. The molecule has 0 unspecified atom stereocenters. The van der Waals surface area contributed by atoms with E-state index in [4.69, 9.17) is 5.73 Å². The molecular weight excluding hydrogens is 136 g/mol. The summed E-state index contributed by atoms with van der Waals surface area (Å²) in [7, 11) is 1.84. The van der Waals surface area contributed by atoms with Gasteiger partial charge in [-0.2, -0.15) is 0 Å². The minimum absolute atomic E-state index is 0.773. The van der Waals surface area contributed by atoms with Gasteiger partial charge in [-0.15, -0.1) is 0 Å². The highest BCUT2D eigenvalue weighted by Crippen LogP contribution is 1.99. The van der Waals surface area contributed by atoms with Crippen molar-refractivity contribution in [3.8, 4) is 0 Å². The highest BCUT2D eigenvalue weighted by Gasteiger charge is 1.93. The third kappa shape index (κ3) is 3.50. The Morgan fingerprint density at radius 3 is 2.64 bits per heavy atom. The summed E-state index contributed by atoms with van der Waals surface area (Å²) in [5.41, 5.74) is 7.40. The van der Waals surface area contributed by atoms with Gasteiger partial charge in [-0.1, -0.05) is 25.7 Å². The van der Waals surface area contributed by atoms with Crippen LogP contribution in [-0.2, 0) is 0 Å². The van der Waals surface area contributed by atoms with Crippen LogP contribution < -0.4 is 11.1 Å². The van der Waals surface area contributed by atoms with Crippen molar-refractivity contribution in [2.75, 3.05) is 7.05 Å². The summed E-state index contributed by atoms with van der Waals surface area (Å²) in [6, 6.07) is 0. The van der Waals surface area contributed by atoms with Crippen molar-refractivity contribution >= 4 is 0 Å². The Hall–Kier alpha value is -1.18. The number of likely N-dealkylation sites (N-methyl/N-ethyl adjacent to an activating group) is 1. The third-order valence-corrected chi connectivity index (χ3v) is 1.29. The molecule has 0 saturated carbocycles. The van der Waals surface area contributed by atoms with Crippen molar-refractivity contribution in [2.24, 2.45) is 5.73 Å². The van der Waals surface area contributed by atoms with Gasteiger partial charge in [-0.05, 0) is 12.5 Å². The molecule has 0 aliphatic rings. The van der Waals surface area contributed by atoms with Crippen molar-refractivity contribution in [2.45, 2.75) is 13.3 Å². The zero-order valence-electron chi connectivity index (χ0n) is 7.22. The summed E-state index contributed by atoms with van der Waals surface area (Å²) >= 11 is 0. The van der Waals surface area contributed by atoms with Gasteiger partial charge in [-0.3, -0.25) is 0 Å². The Morgan fingerprint density at radius 1 is 1.64 bits per heavy atom. The summed E-state index contributed by atoms with van der Waals surface area (Å²) in [5.74, 6) is 0. The maximum absolute atomic E-state index is 5.71. The van der Waals surface area contributed by atoms with Crippen molar-refractivity contribution in [3.05, 3.63) is 36.2 Å². The summed E-state index contributed by atoms with van der Waals surface area (Å²) < 4.78 is 0. The number of nitrogens with two attached hydrogens (primary N) is 1. The van der Waals surface area contributed by atoms with Crippen LogP contribution in [0.1, 0.15) is 13.3 Å². The van der Waals surface area contributed by atoms with Crippen LogP contribution in [0.5, 0.6) is 0 Å². The van der Waals surface area contributed by atoms with Crippen LogP contribution in [0.15, 0.2) is 36.2 Å². The van der Waals surface area contributed by atoms with E-state index in [-0.39, 0.29) is 0 Å². The first kappa shape index (κ1) is 9.82. The molecule has 0 heterocycles. The van der Waals surface area contributed by atoms with Crippen LogP contribution in [-0.4, -0.2) is 7.05 Å². The number of rotatable bonds is 4. The predicted octanol–water partition coefficient (Wildman–Crippen LogP) is 1.53. The quantitative estimate of drug-likeness (QED) is 0.599. The molecule has 0 atom stereocenters. The molecule has 0 aromatic heterocycles. The largest absolute Gasteiger partial charge is 0.397 e. The molecule has 0 spiro atoms. The van der Waals surface area contributed by atoms with Crippen LogP contribution in [0.3, 0.4) is 0 Å². The molecule has 0 aliphatic carbocycles. The van der Waals surface area contributed by atoms with Gasteiger partial charge in [0.05, 0.1) is 11.4 Å². The van der Waals surface area contributed by atoms with Crippen LogP contribution in [0.25, 0.3) is 0 Å². The van der Waals surface area contributed by atoms with Gasteiger partial charge in [0.2, 0.25) is 0 Å². The fourth-order valence-corrected chi connectivity index (χ4v) is 0.772. The number of hydrogen-bond donors (Lipinski definition) is 2. The number of allylic oxidation sites excluding steroid dienone is 3. The molecule has 2 heteroatoms. The molecule has 0 saturated heterocycles. The number of nitrogens with one attached hydrogen (secondary N) is 1. The smallest absolute Gasteiger partial charge is 0.0567 e. The van der Waals surface area contributed by atoms with Gasteiger partial charge in [0, 0.05) is 7.05 Å². The van der Waals surface area contributed by atoms with Crippen molar-refractivity contribution < 1.29 is 0 Å². The lowest BCUT2D eigenvalue weighted by Gasteiger charge is -2.04. The topological polar surface area (TPSA) is 38.0 Å². The second-order valence-corrected chi connectivity index (χ2v) is 2.13. The number of hydrogen-bond acceptors (Lipinski definition) is 2. The normalized spacial score (nSPS) is 12.9. The van der Waals surface area contributed by atoms with Crippen molar-refractivity contribution in [3.63, 3.8) is 0 Å². The van der Waals surface area contributed by atoms with Gasteiger partial charge >= 0.3 is 0 Å². The van der Waals surface area contributed by atoms with Gasteiger partial charge in [0.25, 0.3) is 0 Å². The van der Waals surface area contributed by atoms with E-state index in [2.05, 4.69) is 11.9 Å². The average molecular weight is 152 g/mol. The monoisotopic (exact) mass is 152 g/mol. The molecule has 2 nitrogen and oxygen atoms in total. The Bertz CT molecular complexity index is 178. The third-order valence-electron chi connectivity index (χ3n) is 1.29. The second-order valence-electron chi connectivity index (χ2n) is 2.13. The minimum Gasteiger partial charge on any atom is -0.397 e. The molecule has 0 aliphatic heterocycles. The summed E-state index contributed by atoms with van der Waals surface area (Å²) in [4.78, 5) is 0. The lowest BCUT2D eigenvalue weighted by atomic mass is 10.2. The first-order chi connectivity index (χ1) is 5.26. The van der Waals surface area contributed by atoms with E-state index in [1.807, 2.05) is 26.1 Å². The zero-order chi connectivity index (χ0) is 8.69. The fourth-order valence-electron chi connectivity index (χ4n) is 0.772. The molecule has 62 valence electrons. The summed E-state index contributed by atoms with van der Waals surface area (Å²) in [6.45, 7) is 5.64. The van der Waals surface area contributed by atoms with Crippen LogP contribution >= 0.6 is 0 Å². The molecule has 0 bridgehead atoms. The van der Waals surface area contributed by atoms with E-state index in [1.165, 1.54) is 0 Å². The molecule has 0 fully saturated rings. The van der Waals surface area contributed by atoms with Gasteiger partial charge < -0.3 is 11.1 Å². The van der Waals surface area contributed by atoms with E-state index in [0.717, 1.165) is 17.8 Å². The molecule has 0 rings (SSSR count). The van der Waals surface area contributed by atoms with Gasteiger partial charge in [0.15, 0.2) is 0 Å². The van der Waals surface area contributed by atoms with E-state index in [9.17, 15) is 0 Å². The first-order valence-electron chi connectivity index (χ1n) is 3.72. The average Bonchev–Trinajstić information content (AvgIpc) is 2.00. The summed E-state index contributed by atoms with van der Waals surface area (Å²) in [5, 5.41) is 2.98. The Kier molecular flexibility index (Phi) is 4.99. The van der Waals surface area contributed by atoms with E-state index in [1.54, 1.807) is 6.08 Å². The predicted molar refractivity (Wildman–Crippen MR) is 49.9 cm³/mol. The lowest BCUT2D eigenvalue weighted by molar-refractivity contribution is 0.978. The Morgan fingerprint density at radius 2 is 2.27 bits per heavy atom.